The van der Waals surface area contributed by atoms with E-state index in [9.17, 15) is 9.59 Å². The summed E-state index contributed by atoms with van der Waals surface area (Å²) in [6.07, 6.45) is 3.07. The van der Waals surface area contributed by atoms with Crippen LogP contribution >= 0.6 is 11.3 Å². The Morgan fingerprint density at radius 1 is 1.00 bits per heavy atom. The maximum Gasteiger partial charge on any atom is 0.261 e. The van der Waals surface area contributed by atoms with Gasteiger partial charge in [0.2, 0.25) is 5.91 Å². The minimum atomic E-state index is -0.0308. The van der Waals surface area contributed by atoms with Crippen molar-refractivity contribution in [1.82, 2.24) is 10.2 Å². The lowest BCUT2D eigenvalue weighted by Gasteiger charge is -2.33. The van der Waals surface area contributed by atoms with Gasteiger partial charge in [-0.3, -0.25) is 9.59 Å². The van der Waals surface area contributed by atoms with Crippen LogP contribution in [0.3, 0.4) is 0 Å². The van der Waals surface area contributed by atoms with E-state index in [4.69, 9.17) is 0 Å². The second-order valence-electron chi connectivity index (χ2n) is 9.59. The van der Waals surface area contributed by atoms with Crippen molar-refractivity contribution in [3.63, 3.8) is 0 Å². The molecule has 0 unspecified atom stereocenters. The van der Waals surface area contributed by atoms with Crippen molar-refractivity contribution < 1.29 is 9.59 Å². The second kappa shape index (κ2) is 12.1. The fourth-order valence-corrected chi connectivity index (χ4v) is 5.23. The minimum absolute atomic E-state index is 0.00278. The van der Waals surface area contributed by atoms with Gasteiger partial charge in [0.1, 0.15) is 0 Å². The first kappa shape index (κ1) is 25.1. The van der Waals surface area contributed by atoms with E-state index in [1.165, 1.54) is 16.9 Å². The van der Waals surface area contributed by atoms with Crippen molar-refractivity contribution in [2.45, 2.75) is 45.1 Å². The third-order valence-electron chi connectivity index (χ3n) is 6.72. The summed E-state index contributed by atoms with van der Waals surface area (Å²) in [5.41, 5.74) is 3.33. The zero-order valence-electron chi connectivity index (χ0n) is 20.6. The first-order valence-electron chi connectivity index (χ1n) is 12.5. The standard InChI is InChI=1S/C29H35N3O2S/c1-21(2)28(33)30-25-11-6-10-24(20-25)22-13-16-32(17-14-22)18-15-26(23-8-4-3-5-9-23)31-29(34)27-12-7-19-35-27/h3-12,19-22,26H,13-18H2,1-2H3,(H,30,33)(H,31,34)/t26-/m0/s1. The van der Waals surface area contributed by atoms with Crippen molar-refractivity contribution in [1.29, 1.82) is 0 Å². The molecule has 6 heteroatoms. The number of piperidine rings is 1. The number of amides is 2. The largest absolute Gasteiger partial charge is 0.344 e. The van der Waals surface area contributed by atoms with Gasteiger partial charge >= 0.3 is 0 Å². The van der Waals surface area contributed by atoms with E-state index in [1.54, 1.807) is 0 Å². The lowest BCUT2D eigenvalue weighted by atomic mass is 9.89. The number of rotatable bonds is 9. The highest BCUT2D eigenvalue weighted by Crippen LogP contribution is 2.30. The molecule has 3 aromatic rings. The molecule has 1 fully saturated rings. The molecule has 1 aromatic heterocycles. The average molecular weight is 490 g/mol. The Bertz CT molecular complexity index is 1090. The number of hydrogen-bond acceptors (Lipinski definition) is 4. The van der Waals surface area contributed by atoms with Crippen LogP contribution in [0, 0.1) is 5.92 Å². The molecule has 184 valence electrons. The Kier molecular flexibility index (Phi) is 8.72. The van der Waals surface area contributed by atoms with Crippen LogP contribution < -0.4 is 10.6 Å². The molecule has 0 aliphatic carbocycles. The third kappa shape index (κ3) is 7.03. The van der Waals surface area contributed by atoms with Gasteiger partial charge in [0.15, 0.2) is 0 Å². The normalized spacial score (nSPS) is 15.6. The third-order valence-corrected chi connectivity index (χ3v) is 7.59. The van der Waals surface area contributed by atoms with E-state index < -0.39 is 0 Å². The number of anilines is 1. The van der Waals surface area contributed by atoms with Crippen molar-refractivity contribution in [2.75, 3.05) is 25.0 Å². The van der Waals surface area contributed by atoms with Crippen LogP contribution in [-0.4, -0.2) is 36.3 Å². The molecule has 1 aliphatic rings. The van der Waals surface area contributed by atoms with Gasteiger partial charge in [0.05, 0.1) is 10.9 Å². The maximum absolute atomic E-state index is 12.7. The quantitative estimate of drug-likeness (QED) is 0.383. The van der Waals surface area contributed by atoms with Crippen molar-refractivity contribution >= 4 is 28.8 Å². The zero-order valence-corrected chi connectivity index (χ0v) is 21.4. The molecule has 0 bridgehead atoms. The number of carbonyl (C=O) groups is 2. The van der Waals surface area contributed by atoms with E-state index >= 15 is 0 Å². The molecular formula is C29H35N3O2S. The minimum Gasteiger partial charge on any atom is -0.344 e. The van der Waals surface area contributed by atoms with Crippen LogP contribution in [0.25, 0.3) is 0 Å². The first-order chi connectivity index (χ1) is 17.0. The Hall–Kier alpha value is -2.96. The summed E-state index contributed by atoms with van der Waals surface area (Å²) in [6.45, 7) is 6.83. The number of nitrogens with one attached hydrogen (secondary N) is 2. The van der Waals surface area contributed by atoms with Crippen molar-refractivity contribution in [3.8, 4) is 0 Å². The summed E-state index contributed by atoms with van der Waals surface area (Å²) >= 11 is 1.47. The van der Waals surface area contributed by atoms with Crippen LogP contribution in [0.2, 0.25) is 0 Å². The molecule has 1 atom stereocenters. The summed E-state index contributed by atoms with van der Waals surface area (Å²) in [5.74, 6) is 0.524. The molecule has 0 spiro atoms. The molecule has 4 rings (SSSR count). The predicted molar refractivity (Wildman–Crippen MR) is 144 cm³/mol. The van der Waals surface area contributed by atoms with Crippen LogP contribution in [-0.2, 0) is 4.79 Å². The molecule has 1 aliphatic heterocycles. The molecule has 5 nitrogen and oxygen atoms in total. The number of hydrogen-bond donors (Lipinski definition) is 2. The molecule has 35 heavy (non-hydrogen) atoms. The average Bonchev–Trinajstić information content (AvgIpc) is 3.43. The number of benzene rings is 2. The van der Waals surface area contributed by atoms with Gasteiger partial charge in [-0.25, -0.2) is 0 Å². The number of likely N-dealkylation sites (tertiary alicyclic amines) is 1. The second-order valence-corrected chi connectivity index (χ2v) is 10.5. The smallest absolute Gasteiger partial charge is 0.261 e. The number of carbonyl (C=O) groups excluding carboxylic acids is 2. The number of nitrogens with zero attached hydrogens (tertiary/aromatic N) is 1. The topological polar surface area (TPSA) is 61.4 Å². The first-order valence-corrected chi connectivity index (χ1v) is 13.4. The highest BCUT2D eigenvalue weighted by atomic mass is 32.1. The molecule has 0 saturated carbocycles. The summed E-state index contributed by atoms with van der Waals surface area (Å²) in [7, 11) is 0. The number of thiophene rings is 1. The van der Waals surface area contributed by atoms with Crippen molar-refractivity contribution in [3.05, 3.63) is 88.1 Å². The van der Waals surface area contributed by atoms with Gasteiger partial charge in [-0.05, 0) is 73.0 Å². The Balaban J connectivity index is 1.32. The summed E-state index contributed by atoms with van der Waals surface area (Å²) in [4.78, 5) is 28.1. The molecule has 0 radical (unpaired) electrons. The molecule has 2 amide bonds. The highest BCUT2D eigenvalue weighted by molar-refractivity contribution is 7.12. The Morgan fingerprint density at radius 3 is 2.46 bits per heavy atom. The van der Waals surface area contributed by atoms with Gasteiger partial charge in [0.25, 0.3) is 5.91 Å². The Morgan fingerprint density at radius 2 is 1.77 bits per heavy atom. The van der Waals surface area contributed by atoms with Gasteiger partial charge in [-0.15, -0.1) is 11.3 Å². The molecule has 2 aromatic carbocycles. The highest BCUT2D eigenvalue weighted by Gasteiger charge is 2.23. The van der Waals surface area contributed by atoms with Crippen LogP contribution in [0.5, 0.6) is 0 Å². The van der Waals surface area contributed by atoms with Crippen LogP contribution in [0.4, 0.5) is 5.69 Å². The SMILES string of the molecule is CC(C)C(=O)Nc1cccc(C2CCN(CC[C@H](NC(=O)c3cccs3)c3ccccc3)CC2)c1. The maximum atomic E-state index is 12.7. The van der Waals surface area contributed by atoms with Gasteiger partial charge in [-0.1, -0.05) is 62.4 Å². The van der Waals surface area contributed by atoms with E-state index in [2.05, 4.69) is 39.8 Å². The van der Waals surface area contributed by atoms with E-state index in [0.29, 0.717) is 5.92 Å². The van der Waals surface area contributed by atoms with E-state index in [0.717, 1.165) is 55.0 Å². The van der Waals surface area contributed by atoms with Crippen LogP contribution in [0.1, 0.15) is 65.9 Å². The van der Waals surface area contributed by atoms with E-state index in [1.807, 2.05) is 61.7 Å². The van der Waals surface area contributed by atoms with E-state index in [-0.39, 0.29) is 23.8 Å². The fraction of sp³-hybridized carbons (Fsp3) is 0.379. The fourth-order valence-electron chi connectivity index (χ4n) is 4.60. The molecular weight excluding hydrogens is 454 g/mol. The van der Waals surface area contributed by atoms with Gasteiger partial charge in [-0.2, -0.15) is 0 Å². The Labute approximate surface area is 212 Å². The zero-order chi connectivity index (χ0) is 24.6. The van der Waals surface area contributed by atoms with Crippen molar-refractivity contribution in [2.24, 2.45) is 5.92 Å². The van der Waals surface area contributed by atoms with Crippen LogP contribution in [0.15, 0.2) is 72.1 Å². The summed E-state index contributed by atoms with van der Waals surface area (Å²) in [6, 6.07) is 22.3. The predicted octanol–water partition coefficient (Wildman–Crippen LogP) is 6.08. The molecule has 1 saturated heterocycles. The molecule has 2 N–H and O–H groups in total. The molecule has 2 heterocycles. The monoisotopic (exact) mass is 489 g/mol. The lowest BCUT2D eigenvalue weighted by Crippen LogP contribution is -2.36. The van der Waals surface area contributed by atoms with Gasteiger partial charge < -0.3 is 15.5 Å². The van der Waals surface area contributed by atoms with Gasteiger partial charge in [0, 0.05) is 18.2 Å². The summed E-state index contributed by atoms with van der Waals surface area (Å²) in [5, 5.41) is 8.21. The summed E-state index contributed by atoms with van der Waals surface area (Å²) < 4.78 is 0. The lowest BCUT2D eigenvalue weighted by molar-refractivity contribution is -0.118.